The van der Waals surface area contributed by atoms with Gasteiger partial charge in [-0.1, -0.05) is 24.1 Å². The van der Waals surface area contributed by atoms with E-state index in [1.54, 1.807) is 15.5 Å². The topological polar surface area (TPSA) is 63.4 Å². The van der Waals surface area contributed by atoms with E-state index in [-0.39, 0.29) is 24.0 Å². The highest BCUT2D eigenvalue weighted by atomic mass is 35.5. The quantitative estimate of drug-likeness (QED) is 0.756. The molecule has 0 atom stereocenters. The van der Waals surface area contributed by atoms with Crippen molar-refractivity contribution in [3.05, 3.63) is 50.9 Å². The van der Waals surface area contributed by atoms with Crippen molar-refractivity contribution in [2.24, 2.45) is 0 Å². The molecule has 1 aromatic heterocycles. The van der Waals surface area contributed by atoms with Gasteiger partial charge in [0, 0.05) is 50.7 Å². The Balaban J connectivity index is 1.33. The number of aromatic nitrogens is 3. The zero-order valence-corrected chi connectivity index (χ0v) is 17.1. The van der Waals surface area contributed by atoms with Crippen LogP contribution in [0.1, 0.15) is 30.7 Å². The van der Waals surface area contributed by atoms with Gasteiger partial charge in [0.1, 0.15) is 18.2 Å². The summed E-state index contributed by atoms with van der Waals surface area (Å²) in [5, 5.41) is 4.82. The Bertz CT molecular complexity index is 949. The molecular weight excluding hydrogens is 397 g/mol. The van der Waals surface area contributed by atoms with Crippen molar-refractivity contribution in [3.8, 4) is 0 Å². The summed E-state index contributed by atoms with van der Waals surface area (Å²) in [5.41, 5.74) is 0.693. The molecule has 2 aliphatic rings. The van der Waals surface area contributed by atoms with E-state index in [1.165, 1.54) is 16.8 Å². The molecule has 0 unspecified atom stereocenters. The fraction of sp³-hybridized carbons (Fsp3) is 0.550. The third-order valence-electron chi connectivity index (χ3n) is 5.70. The van der Waals surface area contributed by atoms with Crippen LogP contribution in [-0.4, -0.2) is 56.2 Å². The highest BCUT2D eigenvalue weighted by molar-refractivity contribution is 6.31. The van der Waals surface area contributed by atoms with Crippen LogP contribution in [0.4, 0.5) is 4.39 Å². The molecule has 1 fully saturated rings. The molecule has 7 nitrogen and oxygen atoms in total. The lowest BCUT2D eigenvalue weighted by atomic mass is 10.2. The Morgan fingerprint density at radius 1 is 1.10 bits per heavy atom. The third-order valence-corrected chi connectivity index (χ3v) is 6.05. The minimum Gasteiger partial charge on any atom is -0.339 e. The maximum atomic E-state index is 13.2. The zero-order chi connectivity index (χ0) is 20.4. The van der Waals surface area contributed by atoms with Gasteiger partial charge < -0.3 is 4.90 Å². The number of carbonyl (C=O) groups excluding carboxylic acids is 1. The molecule has 0 N–H and O–H groups in total. The molecule has 1 aromatic carbocycles. The second-order valence-corrected chi connectivity index (χ2v) is 8.12. The van der Waals surface area contributed by atoms with Crippen molar-refractivity contribution in [1.82, 2.24) is 24.1 Å². The average Bonchev–Trinajstić information content (AvgIpc) is 2.86. The first-order valence-electron chi connectivity index (χ1n) is 10.1. The fourth-order valence-electron chi connectivity index (χ4n) is 4.00. The number of benzene rings is 1. The zero-order valence-electron chi connectivity index (χ0n) is 16.3. The molecule has 9 heteroatoms. The number of fused-ring (bicyclic) bond motifs is 1. The molecule has 3 heterocycles. The van der Waals surface area contributed by atoms with Crippen LogP contribution in [0.2, 0.25) is 5.02 Å². The van der Waals surface area contributed by atoms with Crippen LogP contribution in [-0.2, 0) is 30.8 Å². The van der Waals surface area contributed by atoms with Gasteiger partial charge in [-0.15, -0.1) is 0 Å². The predicted octanol–water partition coefficient (Wildman–Crippen LogP) is 1.91. The van der Waals surface area contributed by atoms with Crippen LogP contribution >= 0.6 is 11.6 Å². The Hall–Kier alpha value is -2.19. The second kappa shape index (κ2) is 8.67. The molecule has 0 spiro atoms. The highest BCUT2D eigenvalue weighted by Crippen LogP contribution is 2.20. The van der Waals surface area contributed by atoms with Gasteiger partial charge in [-0.05, 0) is 30.5 Å². The molecule has 2 aliphatic heterocycles. The van der Waals surface area contributed by atoms with Crippen LogP contribution in [0.3, 0.4) is 0 Å². The van der Waals surface area contributed by atoms with E-state index < -0.39 is 0 Å². The summed E-state index contributed by atoms with van der Waals surface area (Å²) >= 11 is 6.11. The van der Waals surface area contributed by atoms with Crippen molar-refractivity contribution in [3.63, 3.8) is 0 Å². The summed E-state index contributed by atoms with van der Waals surface area (Å²) in [6, 6.07) is 4.43. The van der Waals surface area contributed by atoms with Gasteiger partial charge in [0.25, 0.3) is 0 Å². The fourth-order valence-corrected chi connectivity index (χ4v) is 4.23. The lowest BCUT2D eigenvalue weighted by Crippen LogP contribution is -2.49. The van der Waals surface area contributed by atoms with E-state index in [1.807, 2.05) is 0 Å². The van der Waals surface area contributed by atoms with E-state index >= 15 is 0 Å². The molecule has 2 aromatic rings. The van der Waals surface area contributed by atoms with Crippen molar-refractivity contribution in [2.45, 2.75) is 45.3 Å². The number of piperazine rings is 1. The molecule has 29 heavy (non-hydrogen) atoms. The molecule has 1 amide bonds. The molecule has 1 saturated heterocycles. The normalized spacial score (nSPS) is 17.8. The Labute approximate surface area is 173 Å². The Morgan fingerprint density at radius 2 is 1.90 bits per heavy atom. The van der Waals surface area contributed by atoms with Crippen molar-refractivity contribution in [1.29, 1.82) is 0 Å². The number of rotatable bonds is 4. The summed E-state index contributed by atoms with van der Waals surface area (Å²) in [6.07, 6.45) is 3.91. The SMILES string of the molecule is O=C(Cn1nc2n(c1=O)CCCCC2)N1CCN(Cc2ccc(F)cc2Cl)CC1. The number of amides is 1. The number of hydrogen-bond acceptors (Lipinski definition) is 4. The van der Waals surface area contributed by atoms with Gasteiger partial charge in [0.2, 0.25) is 5.91 Å². The van der Waals surface area contributed by atoms with Gasteiger partial charge in [-0.2, -0.15) is 5.10 Å². The van der Waals surface area contributed by atoms with E-state index in [0.717, 1.165) is 37.1 Å². The second-order valence-electron chi connectivity index (χ2n) is 7.71. The monoisotopic (exact) mass is 421 g/mol. The molecule has 0 saturated carbocycles. The minimum absolute atomic E-state index is 0.0113. The van der Waals surface area contributed by atoms with E-state index in [0.29, 0.717) is 44.3 Å². The highest BCUT2D eigenvalue weighted by Gasteiger charge is 2.24. The van der Waals surface area contributed by atoms with Crippen LogP contribution < -0.4 is 5.69 Å². The molecule has 156 valence electrons. The number of aryl methyl sites for hydroxylation is 1. The summed E-state index contributed by atoms with van der Waals surface area (Å²) in [4.78, 5) is 29.2. The first-order valence-corrected chi connectivity index (χ1v) is 10.5. The molecule has 0 bridgehead atoms. The predicted molar refractivity (Wildman–Crippen MR) is 107 cm³/mol. The lowest BCUT2D eigenvalue weighted by molar-refractivity contribution is -0.133. The number of hydrogen-bond donors (Lipinski definition) is 0. The molecule has 0 radical (unpaired) electrons. The first kappa shape index (κ1) is 20.1. The number of nitrogens with zero attached hydrogens (tertiary/aromatic N) is 5. The van der Waals surface area contributed by atoms with Gasteiger partial charge in [-0.3, -0.25) is 14.3 Å². The maximum absolute atomic E-state index is 13.2. The number of halogens is 2. The van der Waals surface area contributed by atoms with E-state index in [9.17, 15) is 14.0 Å². The minimum atomic E-state index is -0.346. The van der Waals surface area contributed by atoms with Crippen LogP contribution in [0.5, 0.6) is 0 Å². The molecule has 4 rings (SSSR count). The van der Waals surface area contributed by atoms with Crippen LogP contribution in [0, 0.1) is 5.82 Å². The summed E-state index contributed by atoms with van der Waals surface area (Å²) in [7, 11) is 0. The lowest BCUT2D eigenvalue weighted by Gasteiger charge is -2.34. The smallest absolute Gasteiger partial charge is 0.339 e. The van der Waals surface area contributed by atoms with Gasteiger partial charge >= 0.3 is 5.69 Å². The Kier molecular flexibility index (Phi) is 6.01. The Morgan fingerprint density at radius 3 is 2.66 bits per heavy atom. The van der Waals surface area contributed by atoms with Gasteiger partial charge in [-0.25, -0.2) is 13.9 Å². The summed E-state index contributed by atoms with van der Waals surface area (Å²) in [6.45, 7) is 3.87. The van der Waals surface area contributed by atoms with Crippen LogP contribution in [0.15, 0.2) is 23.0 Å². The van der Waals surface area contributed by atoms with Crippen molar-refractivity contribution >= 4 is 17.5 Å². The molecular formula is C20H25ClFN5O2. The van der Waals surface area contributed by atoms with Crippen LogP contribution in [0.25, 0.3) is 0 Å². The molecule has 0 aliphatic carbocycles. The average molecular weight is 422 g/mol. The van der Waals surface area contributed by atoms with Crippen molar-refractivity contribution in [2.75, 3.05) is 26.2 Å². The van der Waals surface area contributed by atoms with E-state index in [2.05, 4.69) is 10.00 Å². The summed E-state index contributed by atoms with van der Waals surface area (Å²) in [5.74, 6) is 0.363. The van der Waals surface area contributed by atoms with Gasteiger partial charge in [0.15, 0.2) is 0 Å². The summed E-state index contributed by atoms with van der Waals surface area (Å²) < 4.78 is 16.2. The third kappa shape index (κ3) is 4.53. The largest absolute Gasteiger partial charge is 0.346 e. The maximum Gasteiger partial charge on any atom is 0.346 e. The van der Waals surface area contributed by atoms with E-state index in [4.69, 9.17) is 11.6 Å². The standard InChI is InChI=1S/C20H25ClFN5O2/c21-17-12-16(22)6-5-15(17)13-24-8-10-25(11-9-24)19(28)14-27-20(29)26-7-3-1-2-4-18(26)23-27/h5-6,12H,1-4,7-11,13-14H2. The van der Waals surface area contributed by atoms with Gasteiger partial charge in [0.05, 0.1) is 0 Å². The van der Waals surface area contributed by atoms with Crippen molar-refractivity contribution < 1.29 is 9.18 Å². The first-order chi connectivity index (χ1) is 14.0. The number of carbonyl (C=O) groups is 1.